The van der Waals surface area contributed by atoms with Crippen molar-refractivity contribution in [3.8, 4) is 0 Å². The summed E-state index contributed by atoms with van der Waals surface area (Å²) in [5.41, 5.74) is 1.35. The quantitative estimate of drug-likeness (QED) is 0.921. The molecule has 0 spiro atoms. The van der Waals surface area contributed by atoms with Gasteiger partial charge in [0, 0.05) is 28.9 Å². The summed E-state index contributed by atoms with van der Waals surface area (Å²) in [5, 5.41) is 4.95. The van der Waals surface area contributed by atoms with Crippen molar-refractivity contribution >= 4 is 11.3 Å². The molecule has 0 radical (unpaired) electrons. The predicted octanol–water partition coefficient (Wildman–Crippen LogP) is 3.49. The molecular weight excluding hydrogens is 266 g/mol. The topological polar surface area (TPSA) is 28.2 Å². The molecule has 2 heterocycles. The summed E-state index contributed by atoms with van der Waals surface area (Å²) >= 11 is 1.87. The van der Waals surface area contributed by atoms with Crippen LogP contribution in [0.25, 0.3) is 0 Å². The summed E-state index contributed by atoms with van der Waals surface area (Å²) in [6.45, 7) is 13.4. The second-order valence-corrected chi connectivity index (χ2v) is 8.16. The molecule has 0 bridgehead atoms. The van der Waals surface area contributed by atoms with Gasteiger partial charge < -0.3 is 10.2 Å². The van der Waals surface area contributed by atoms with Crippen molar-refractivity contribution in [2.45, 2.75) is 65.0 Å². The van der Waals surface area contributed by atoms with E-state index in [-0.39, 0.29) is 5.41 Å². The minimum Gasteiger partial charge on any atom is -0.308 e. The lowest BCUT2D eigenvalue weighted by molar-refractivity contribution is 0.294. The van der Waals surface area contributed by atoms with Crippen molar-refractivity contribution in [3.63, 3.8) is 0 Å². The molecule has 0 aromatic carbocycles. The molecule has 1 fully saturated rings. The van der Waals surface area contributed by atoms with E-state index in [0.29, 0.717) is 12.1 Å². The third-order valence-electron chi connectivity index (χ3n) is 4.20. The Bertz CT molecular complexity index is 447. The normalized spacial score (nSPS) is 22.4. The predicted molar refractivity (Wildman–Crippen MR) is 87.6 cm³/mol. The van der Waals surface area contributed by atoms with Crippen LogP contribution in [0.15, 0.2) is 0 Å². The largest absolute Gasteiger partial charge is 0.308 e. The molecule has 2 unspecified atom stereocenters. The highest BCUT2D eigenvalue weighted by Crippen LogP contribution is 2.32. The molecule has 0 amide bonds. The zero-order valence-corrected chi connectivity index (χ0v) is 14.6. The first-order chi connectivity index (χ1) is 9.29. The maximum atomic E-state index is 4.77. The number of aryl methyl sites for hydroxylation is 1. The Morgan fingerprint density at radius 2 is 2.15 bits per heavy atom. The third kappa shape index (κ3) is 3.60. The van der Waals surface area contributed by atoms with Gasteiger partial charge in [0.05, 0.1) is 10.7 Å². The maximum absolute atomic E-state index is 4.77. The molecular formula is C16H29N3S. The molecule has 1 aliphatic rings. The molecule has 0 saturated carbocycles. The van der Waals surface area contributed by atoms with Gasteiger partial charge >= 0.3 is 0 Å². The van der Waals surface area contributed by atoms with Crippen LogP contribution < -0.4 is 5.32 Å². The van der Waals surface area contributed by atoms with Gasteiger partial charge in [-0.2, -0.15) is 0 Å². The maximum Gasteiger partial charge on any atom is 0.0985 e. The highest BCUT2D eigenvalue weighted by Gasteiger charge is 2.24. The molecule has 4 heteroatoms. The van der Waals surface area contributed by atoms with Crippen molar-refractivity contribution in [1.82, 2.24) is 15.2 Å². The van der Waals surface area contributed by atoms with E-state index in [4.69, 9.17) is 4.98 Å². The highest BCUT2D eigenvalue weighted by molar-refractivity contribution is 7.12. The Balaban J connectivity index is 1.98. The Labute approximate surface area is 127 Å². The molecule has 0 aliphatic carbocycles. The Morgan fingerprint density at radius 3 is 2.65 bits per heavy atom. The lowest BCUT2D eigenvalue weighted by Crippen LogP contribution is -2.36. The molecule has 1 saturated heterocycles. The van der Waals surface area contributed by atoms with Gasteiger partial charge in [0.25, 0.3) is 0 Å². The first-order valence-electron chi connectivity index (χ1n) is 7.70. The lowest BCUT2D eigenvalue weighted by atomic mass is 9.98. The number of likely N-dealkylation sites (N-methyl/N-ethyl adjacent to an activating group) is 1. The van der Waals surface area contributed by atoms with Gasteiger partial charge in [0.2, 0.25) is 0 Å². The zero-order valence-electron chi connectivity index (χ0n) is 13.8. The number of hydrogen-bond donors (Lipinski definition) is 1. The monoisotopic (exact) mass is 295 g/mol. The summed E-state index contributed by atoms with van der Waals surface area (Å²) in [5.74, 6) is 0. The number of nitrogens with zero attached hydrogens (tertiary/aromatic N) is 2. The van der Waals surface area contributed by atoms with Crippen LogP contribution in [0.3, 0.4) is 0 Å². The fourth-order valence-electron chi connectivity index (χ4n) is 2.77. The van der Waals surface area contributed by atoms with Crippen LogP contribution in [-0.4, -0.2) is 36.1 Å². The van der Waals surface area contributed by atoms with Crippen LogP contribution in [-0.2, 0) is 5.41 Å². The van der Waals surface area contributed by atoms with Crippen LogP contribution in [0.2, 0.25) is 0 Å². The summed E-state index contributed by atoms with van der Waals surface area (Å²) in [7, 11) is 2.24. The Hall–Kier alpha value is -0.450. The number of likely N-dealkylation sites (tertiary alicyclic amines) is 1. The average Bonchev–Trinajstić information content (AvgIpc) is 2.92. The first-order valence-corrected chi connectivity index (χ1v) is 8.52. The number of rotatable bonds is 4. The lowest BCUT2D eigenvalue weighted by Gasteiger charge is -2.22. The first kappa shape index (κ1) is 15.9. The minimum absolute atomic E-state index is 0.152. The minimum atomic E-state index is 0.152. The second-order valence-electron chi connectivity index (χ2n) is 7.13. The molecule has 1 aromatic rings. The molecule has 2 atom stereocenters. The molecule has 1 aromatic heterocycles. The number of nitrogens with one attached hydrogen (secondary N) is 1. The molecule has 114 valence electrons. The smallest absolute Gasteiger partial charge is 0.0985 e. The van der Waals surface area contributed by atoms with Crippen molar-refractivity contribution in [3.05, 3.63) is 15.6 Å². The molecule has 1 N–H and O–H groups in total. The number of aromatic nitrogens is 1. The van der Waals surface area contributed by atoms with Crippen LogP contribution in [0.1, 0.15) is 62.2 Å². The van der Waals surface area contributed by atoms with Crippen LogP contribution >= 0.6 is 11.3 Å². The number of thiazole rings is 1. The molecule has 3 nitrogen and oxygen atoms in total. The summed E-state index contributed by atoms with van der Waals surface area (Å²) in [6.07, 6.45) is 2.66. The van der Waals surface area contributed by atoms with Gasteiger partial charge in [-0.05, 0) is 40.3 Å². The van der Waals surface area contributed by atoms with Crippen molar-refractivity contribution in [2.75, 3.05) is 20.1 Å². The van der Waals surface area contributed by atoms with Crippen LogP contribution in [0, 0.1) is 6.92 Å². The van der Waals surface area contributed by atoms with E-state index in [1.165, 1.54) is 35.0 Å². The van der Waals surface area contributed by atoms with Crippen molar-refractivity contribution in [1.29, 1.82) is 0 Å². The van der Waals surface area contributed by atoms with Gasteiger partial charge in [0.15, 0.2) is 0 Å². The van der Waals surface area contributed by atoms with Gasteiger partial charge in [-0.25, -0.2) is 4.98 Å². The second kappa shape index (κ2) is 6.12. The van der Waals surface area contributed by atoms with E-state index in [1.54, 1.807) is 0 Å². The molecule has 20 heavy (non-hydrogen) atoms. The van der Waals surface area contributed by atoms with E-state index in [0.717, 1.165) is 6.54 Å². The zero-order chi connectivity index (χ0) is 14.9. The van der Waals surface area contributed by atoms with Crippen molar-refractivity contribution in [2.24, 2.45) is 0 Å². The fraction of sp³-hybridized carbons (Fsp3) is 0.812. The molecule has 1 aliphatic heterocycles. The summed E-state index contributed by atoms with van der Waals surface area (Å²) < 4.78 is 0. The van der Waals surface area contributed by atoms with E-state index >= 15 is 0 Å². The Kier molecular flexibility index (Phi) is 4.88. The van der Waals surface area contributed by atoms with Gasteiger partial charge in [-0.3, -0.25) is 0 Å². The highest BCUT2D eigenvalue weighted by atomic mass is 32.1. The van der Waals surface area contributed by atoms with Crippen LogP contribution in [0.5, 0.6) is 0 Å². The van der Waals surface area contributed by atoms with E-state index in [1.807, 2.05) is 11.3 Å². The van der Waals surface area contributed by atoms with Crippen LogP contribution in [0.4, 0.5) is 0 Å². The standard InChI is InChI=1S/C16H29N3S/c1-11(17-10-13-8-7-9-19(13)6)14-12(2)18-15(20-14)16(3,4)5/h11,13,17H,7-10H2,1-6H3. The van der Waals surface area contributed by atoms with E-state index in [9.17, 15) is 0 Å². The van der Waals surface area contributed by atoms with E-state index < -0.39 is 0 Å². The van der Waals surface area contributed by atoms with Gasteiger partial charge in [-0.1, -0.05) is 20.8 Å². The van der Waals surface area contributed by atoms with E-state index in [2.05, 4.69) is 51.9 Å². The summed E-state index contributed by atoms with van der Waals surface area (Å²) in [6, 6.07) is 1.10. The molecule has 2 rings (SSSR count). The van der Waals surface area contributed by atoms with Gasteiger partial charge in [0.1, 0.15) is 0 Å². The fourth-order valence-corrected chi connectivity index (χ4v) is 3.92. The van der Waals surface area contributed by atoms with Gasteiger partial charge in [-0.15, -0.1) is 11.3 Å². The third-order valence-corrected chi connectivity index (χ3v) is 5.96. The average molecular weight is 295 g/mol. The summed E-state index contributed by atoms with van der Waals surface area (Å²) in [4.78, 5) is 8.64. The Morgan fingerprint density at radius 1 is 1.45 bits per heavy atom. The number of hydrogen-bond acceptors (Lipinski definition) is 4. The SMILES string of the molecule is Cc1nc(C(C)(C)C)sc1C(C)NCC1CCCN1C. The van der Waals surface area contributed by atoms with Crippen molar-refractivity contribution < 1.29 is 0 Å².